The van der Waals surface area contributed by atoms with E-state index >= 15 is 0 Å². The fourth-order valence-electron chi connectivity index (χ4n) is 2.40. The minimum Gasteiger partial charge on any atom is -0.481 e. The van der Waals surface area contributed by atoms with Gasteiger partial charge in [0.2, 0.25) is 5.91 Å². The summed E-state index contributed by atoms with van der Waals surface area (Å²) < 4.78 is 0. The van der Waals surface area contributed by atoms with Gasteiger partial charge in [0.1, 0.15) is 0 Å². The van der Waals surface area contributed by atoms with Crippen molar-refractivity contribution in [3.8, 4) is 0 Å². The molecule has 0 bridgehead atoms. The smallest absolute Gasteiger partial charge is 0.303 e. The zero-order valence-electron chi connectivity index (χ0n) is 11.7. The number of carbonyl (C=O) groups is 2. The second-order valence-corrected chi connectivity index (χ2v) is 5.05. The average molecular weight is 276 g/mol. The lowest BCUT2D eigenvalue weighted by molar-refractivity contribution is -0.137. The highest BCUT2D eigenvalue weighted by Crippen LogP contribution is 2.18. The second kappa shape index (κ2) is 6.41. The number of carbonyl (C=O) groups excluding carboxylic acids is 1. The highest BCUT2D eigenvalue weighted by Gasteiger charge is 2.18. The molecule has 1 aliphatic heterocycles. The number of benzene rings is 1. The molecule has 5 nitrogen and oxygen atoms in total. The molecule has 1 amide bonds. The summed E-state index contributed by atoms with van der Waals surface area (Å²) in [5, 5.41) is 8.66. The topological polar surface area (TPSA) is 60.9 Å². The molecular formula is C15H20N2O3. The van der Waals surface area contributed by atoms with Gasteiger partial charge in [-0.15, -0.1) is 0 Å². The summed E-state index contributed by atoms with van der Waals surface area (Å²) in [4.78, 5) is 25.9. The van der Waals surface area contributed by atoms with Crippen LogP contribution in [0.5, 0.6) is 0 Å². The Morgan fingerprint density at radius 2 is 1.70 bits per heavy atom. The molecule has 1 saturated heterocycles. The van der Waals surface area contributed by atoms with Crippen LogP contribution in [0.2, 0.25) is 0 Å². The summed E-state index contributed by atoms with van der Waals surface area (Å²) in [6.07, 6.45) is 0.727. The quantitative estimate of drug-likeness (QED) is 0.902. The van der Waals surface area contributed by atoms with Gasteiger partial charge >= 0.3 is 5.97 Å². The van der Waals surface area contributed by atoms with E-state index in [0.717, 1.165) is 37.4 Å². The second-order valence-electron chi connectivity index (χ2n) is 5.05. The minimum atomic E-state index is -0.769. The normalized spacial score (nSPS) is 15.2. The first kappa shape index (κ1) is 14.4. The van der Waals surface area contributed by atoms with E-state index in [1.807, 2.05) is 29.2 Å². The molecule has 20 heavy (non-hydrogen) atoms. The number of piperazine rings is 1. The third-order valence-electron chi connectivity index (χ3n) is 3.65. The highest BCUT2D eigenvalue weighted by atomic mass is 16.4. The maximum atomic E-state index is 11.3. The van der Waals surface area contributed by atoms with E-state index in [0.29, 0.717) is 6.42 Å². The van der Waals surface area contributed by atoms with Crippen LogP contribution in [-0.4, -0.2) is 48.1 Å². The third kappa shape index (κ3) is 3.73. The molecule has 108 valence electrons. The number of rotatable bonds is 4. The van der Waals surface area contributed by atoms with Crippen molar-refractivity contribution in [2.75, 3.05) is 31.1 Å². The molecule has 1 fully saturated rings. The summed E-state index contributed by atoms with van der Waals surface area (Å²) in [7, 11) is 0. The number of aryl methyl sites for hydroxylation is 1. The Hall–Kier alpha value is -2.04. The highest BCUT2D eigenvalue weighted by molar-refractivity contribution is 5.73. The van der Waals surface area contributed by atoms with Crippen LogP contribution in [0.3, 0.4) is 0 Å². The number of hydrogen-bond acceptors (Lipinski definition) is 3. The van der Waals surface area contributed by atoms with Crippen LogP contribution in [0.1, 0.15) is 18.9 Å². The number of nitrogens with zero attached hydrogens (tertiary/aromatic N) is 2. The molecule has 1 aromatic carbocycles. The fraction of sp³-hybridized carbons (Fsp3) is 0.467. The number of carboxylic acid groups (broad SMARTS) is 1. The molecule has 0 aliphatic carbocycles. The van der Waals surface area contributed by atoms with Gasteiger partial charge in [0, 0.05) is 45.2 Å². The Balaban J connectivity index is 1.90. The molecule has 1 heterocycles. The minimum absolute atomic E-state index is 0.133. The van der Waals surface area contributed by atoms with E-state index in [1.54, 1.807) is 6.92 Å². The van der Waals surface area contributed by atoms with Crippen LogP contribution in [0, 0.1) is 0 Å². The van der Waals surface area contributed by atoms with Crippen molar-refractivity contribution in [2.24, 2.45) is 0 Å². The summed E-state index contributed by atoms with van der Waals surface area (Å²) in [5.41, 5.74) is 2.17. The molecule has 1 aromatic rings. The number of aliphatic carboxylic acids is 1. The van der Waals surface area contributed by atoms with Crippen molar-refractivity contribution in [2.45, 2.75) is 19.8 Å². The fourth-order valence-corrected chi connectivity index (χ4v) is 2.40. The number of hydrogen-bond donors (Lipinski definition) is 1. The van der Waals surface area contributed by atoms with Gasteiger partial charge in [0.15, 0.2) is 0 Å². The molecular weight excluding hydrogens is 256 g/mol. The van der Waals surface area contributed by atoms with Crippen molar-refractivity contribution < 1.29 is 14.7 Å². The zero-order chi connectivity index (χ0) is 14.5. The number of carboxylic acids is 1. The van der Waals surface area contributed by atoms with Gasteiger partial charge in [0.25, 0.3) is 0 Å². The van der Waals surface area contributed by atoms with E-state index < -0.39 is 5.97 Å². The number of anilines is 1. The van der Waals surface area contributed by atoms with Crippen LogP contribution in [0.25, 0.3) is 0 Å². The third-order valence-corrected chi connectivity index (χ3v) is 3.65. The summed E-state index contributed by atoms with van der Waals surface area (Å²) >= 11 is 0. The maximum Gasteiger partial charge on any atom is 0.303 e. The van der Waals surface area contributed by atoms with Gasteiger partial charge in [-0.2, -0.15) is 0 Å². The SMILES string of the molecule is CC(=O)N1CCN(c2ccc(CCC(=O)O)cc2)CC1. The van der Waals surface area contributed by atoms with E-state index in [2.05, 4.69) is 4.90 Å². The van der Waals surface area contributed by atoms with Gasteiger partial charge in [-0.25, -0.2) is 0 Å². The maximum absolute atomic E-state index is 11.3. The van der Waals surface area contributed by atoms with E-state index in [9.17, 15) is 9.59 Å². The molecule has 1 N–H and O–H groups in total. The van der Waals surface area contributed by atoms with Crippen LogP contribution < -0.4 is 4.90 Å². The van der Waals surface area contributed by atoms with E-state index in [4.69, 9.17) is 5.11 Å². The standard InChI is InChI=1S/C15H20N2O3/c1-12(18)16-8-10-17(11-9-16)14-5-2-13(3-6-14)4-7-15(19)20/h2-3,5-6H,4,7-11H2,1H3,(H,19,20). The molecule has 0 atom stereocenters. The van der Waals surface area contributed by atoms with Crippen molar-refractivity contribution >= 4 is 17.6 Å². The Kier molecular flexibility index (Phi) is 4.61. The van der Waals surface area contributed by atoms with Crippen molar-refractivity contribution in [3.63, 3.8) is 0 Å². The van der Waals surface area contributed by atoms with Crippen LogP contribution in [-0.2, 0) is 16.0 Å². The molecule has 5 heteroatoms. The Morgan fingerprint density at radius 3 is 2.20 bits per heavy atom. The Labute approximate surface area is 118 Å². The van der Waals surface area contributed by atoms with Crippen LogP contribution >= 0.6 is 0 Å². The van der Waals surface area contributed by atoms with E-state index in [-0.39, 0.29) is 12.3 Å². The van der Waals surface area contributed by atoms with Crippen molar-refractivity contribution in [1.29, 1.82) is 0 Å². The summed E-state index contributed by atoms with van der Waals surface area (Å²) in [6, 6.07) is 8.02. The van der Waals surface area contributed by atoms with Gasteiger partial charge in [0.05, 0.1) is 0 Å². The van der Waals surface area contributed by atoms with Gasteiger partial charge in [-0.1, -0.05) is 12.1 Å². The molecule has 1 aliphatic rings. The molecule has 0 unspecified atom stereocenters. The molecule has 2 rings (SSSR count). The monoisotopic (exact) mass is 276 g/mol. The van der Waals surface area contributed by atoms with Crippen molar-refractivity contribution in [3.05, 3.63) is 29.8 Å². The van der Waals surface area contributed by atoms with Crippen LogP contribution in [0.4, 0.5) is 5.69 Å². The van der Waals surface area contributed by atoms with Crippen molar-refractivity contribution in [1.82, 2.24) is 4.90 Å². The number of amides is 1. The zero-order valence-corrected chi connectivity index (χ0v) is 11.7. The first-order valence-electron chi connectivity index (χ1n) is 6.87. The lowest BCUT2D eigenvalue weighted by Gasteiger charge is -2.35. The Bertz CT molecular complexity index is 476. The predicted octanol–water partition coefficient (Wildman–Crippen LogP) is 1.37. The summed E-state index contributed by atoms with van der Waals surface area (Å²) in [5.74, 6) is -0.636. The lowest BCUT2D eigenvalue weighted by Crippen LogP contribution is -2.48. The summed E-state index contributed by atoms with van der Waals surface area (Å²) in [6.45, 7) is 4.81. The first-order chi connectivity index (χ1) is 9.56. The lowest BCUT2D eigenvalue weighted by atomic mass is 10.1. The molecule has 0 saturated carbocycles. The first-order valence-corrected chi connectivity index (χ1v) is 6.87. The predicted molar refractivity (Wildman–Crippen MR) is 76.9 cm³/mol. The van der Waals surface area contributed by atoms with Gasteiger partial charge < -0.3 is 14.9 Å². The molecule has 0 radical (unpaired) electrons. The molecule has 0 spiro atoms. The van der Waals surface area contributed by atoms with Crippen LogP contribution in [0.15, 0.2) is 24.3 Å². The largest absolute Gasteiger partial charge is 0.481 e. The van der Waals surface area contributed by atoms with E-state index in [1.165, 1.54) is 0 Å². The van der Waals surface area contributed by atoms with Gasteiger partial charge in [-0.05, 0) is 24.1 Å². The molecule has 0 aromatic heterocycles. The van der Waals surface area contributed by atoms with Gasteiger partial charge in [-0.3, -0.25) is 9.59 Å². The average Bonchev–Trinajstić information content (AvgIpc) is 2.46. The Morgan fingerprint density at radius 1 is 1.10 bits per heavy atom.